The third-order valence-electron chi connectivity index (χ3n) is 3.09. The van der Waals surface area contributed by atoms with Crippen molar-refractivity contribution in [3.63, 3.8) is 0 Å². The number of hydrogen-bond acceptors (Lipinski definition) is 3. The fourth-order valence-corrected chi connectivity index (χ4v) is 3.67. The summed E-state index contributed by atoms with van der Waals surface area (Å²) in [6.45, 7) is 4.40. The molecule has 2 nitrogen and oxygen atoms in total. The molecule has 1 aromatic carbocycles. The fraction of sp³-hybridized carbons (Fsp3) is 0.538. The van der Waals surface area contributed by atoms with Gasteiger partial charge in [0.1, 0.15) is 0 Å². The number of nitrogens with zero attached hydrogens (tertiary/aromatic N) is 1. The Kier molecular flexibility index (Phi) is 4.77. The van der Waals surface area contributed by atoms with Crippen molar-refractivity contribution in [1.82, 2.24) is 5.32 Å². The van der Waals surface area contributed by atoms with Gasteiger partial charge in [-0.2, -0.15) is 11.8 Å². The number of nitrogens with one attached hydrogen (secondary N) is 1. The number of hydrogen-bond donors (Lipinski definition) is 1. The molecule has 0 radical (unpaired) electrons. The van der Waals surface area contributed by atoms with Crippen LogP contribution in [0.5, 0.6) is 0 Å². The molecule has 0 aliphatic carbocycles. The lowest BCUT2D eigenvalue weighted by Crippen LogP contribution is -2.41. The minimum atomic E-state index is 0.630. The number of rotatable bonds is 3. The van der Waals surface area contributed by atoms with E-state index in [9.17, 15) is 0 Å². The van der Waals surface area contributed by atoms with Crippen LogP contribution in [0.15, 0.2) is 22.7 Å². The van der Waals surface area contributed by atoms with Crippen LogP contribution < -0.4 is 10.2 Å². The molecule has 1 atom stereocenters. The van der Waals surface area contributed by atoms with E-state index in [2.05, 4.69) is 63.0 Å². The van der Waals surface area contributed by atoms with Gasteiger partial charge in [0.05, 0.1) is 0 Å². The molecule has 1 aliphatic rings. The van der Waals surface area contributed by atoms with Crippen molar-refractivity contribution >= 4 is 33.4 Å². The molecule has 1 aromatic rings. The molecule has 0 aromatic heterocycles. The van der Waals surface area contributed by atoms with Crippen molar-refractivity contribution in [2.45, 2.75) is 19.5 Å². The molecule has 0 saturated carbocycles. The van der Waals surface area contributed by atoms with Crippen LogP contribution >= 0.6 is 27.7 Å². The SMILES string of the molecule is CNCc1cc(Br)ccc1N1CCSCC1C. The summed E-state index contributed by atoms with van der Waals surface area (Å²) in [6, 6.07) is 7.23. The van der Waals surface area contributed by atoms with E-state index in [0.717, 1.165) is 17.6 Å². The molecule has 17 heavy (non-hydrogen) atoms. The average Bonchev–Trinajstić information content (AvgIpc) is 2.31. The summed E-state index contributed by atoms with van der Waals surface area (Å²) in [5.74, 6) is 2.47. The van der Waals surface area contributed by atoms with E-state index in [1.54, 1.807) is 0 Å². The Labute approximate surface area is 116 Å². The minimum Gasteiger partial charge on any atom is -0.367 e. The van der Waals surface area contributed by atoms with Gasteiger partial charge < -0.3 is 10.2 Å². The van der Waals surface area contributed by atoms with E-state index in [1.807, 2.05) is 7.05 Å². The lowest BCUT2D eigenvalue weighted by Gasteiger charge is -2.36. The van der Waals surface area contributed by atoms with Crippen molar-refractivity contribution in [3.8, 4) is 0 Å². The molecule has 1 saturated heterocycles. The summed E-state index contributed by atoms with van der Waals surface area (Å²) in [5, 5.41) is 3.25. The van der Waals surface area contributed by atoms with Crippen molar-refractivity contribution in [1.29, 1.82) is 0 Å². The Morgan fingerprint density at radius 3 is 3.06 bits per heavy atom. The molecule has 2 rings (SSSR count). The smallest absolute Gasteiger partial charge is 0.0415 e. The molecule has 0 amide bonds. The highest BCUT2D eigenvalue weighted by molar-refractivity contribution is 9.10. The van der Waals surface area contributed by atoms with Crippen molar-refractivity contribution in [2.75, 3.05) is 30.0 Å². The zero-order chi connectivity index (χ0) is 12.3. The summed E-state index contributed by atoms with van der Waals surface area (Å²) < 4.78 is 1.16. The van der Waals surface area contributed by atoms with Gasteiger partial charge in [0, 0.05) is 40.8 Å². The lowest BCUT2D eigenvalue weighted by atomic mass is 10.1. The second-order valence-corrected chi connectivity index (χ2v) is 6.49. The molecule has 1 fully saturated rings. The Balaban J connectivity index is 2.29. The molecule has 4 heteroatoms. The molecule has 1 aliphatic heterocycles. The van der Waals surface area contributed by atoms with Crippen molar-refractivity contribution in [2.24, 2.45) is 0 Å². The summed E-state index contributed by atoms with van der Waals surface area (Å²) >= 11 is 5.61. The number of benzene rings is 1. The van der Waals surface area contributed by atoms with Gasteiger partial charge >= 0.3 is 0 Å². The Bertz CT molecular complexity index is 384. The first kappa shape index (κ1) is 13.2. The molecule has 1 heterocycles. The zero-order valence-electron chi connectivity index (χ0n) is 10.4. The second kappa shape index (κ2) is 6.12. The van der Waals surface area contributed by atoms with E-state index in [-0.39, 0.29) is 0 Å². The van der Waals surface area contributed by atoms with Crippen LogP contribution in [0.25, 0.3) is 0 Å². The average molecular weight is 315 g/mol. The lowest BCUT2D eigenvalue weighted by molar-refractivity contribution is 0.690. The Morgan fingerprint density at radius 1 is 1.53 bits per heavy atom. The number of thioether (sulfide) groups is 1. The van der Waals surface area contributed by atoms with Gasteiger partial charge in [-0.05, 0) is 37.7 Å². The highest BCUT2D eigenvalue weighted by Crippen LogP contribution is 2.29. The largest absolute Gasteiger partial charge is 0.367 e. The molecule has 1 unspecified atom stereocenters. The topological polar surface area (TPSA) is 15.3 Å². The molecule has 1 N–H and O–H groups in total. The quantitative estimate of drug-likeness (QED) is 0.923. The van der Waals surface area contributed by atoms with Crippen LogP contribution in [-0.4, -0.2) is 31.1 Å². The standard InChI is InChI=1S/C13H19BrN2S/c1-10-9-17-6-5-16(10)13-4-3-12(14)7-11(13)8-15-2/h3-4,7,10,15H,5-6,8-9H2,1-2H3. The van der Waals surface area contributed by atoms with Crippen LogP contribution in [0.1, 0.15) is 12.5 Å². The summed E-state index contributed by atoms with van der Waals surface area (Å²) in [5.41, 5.74) is 2.76. The van der Waals surface area contributed by atoms with Crippen LogP contribution in [0.2, 0.25) is 0 Å². The van der Waals surface area contributed by atoms with Gasteiger partial charge in [-0.1, -0.05) is 15.9 Å². The molecule has 0 spiro atoms. The van der Waals surface area contributed by atoms with E-state index in [4.69, 9.17) is 0 Å². The van der Waals surface area contributed by atoms with Gasteiger partial charge in [0.25, 0.3) is 0 Å². The summed E-state index contributed by atoms with van der Waals surface area (Å²) in [7, 11) is 2.00. The maximum absolute atomic E-state index is 3.56. The first-order chi connectivity index (χ1) is 8.22. The third-order valence-corrected chi connectivity index (χ3v) is 4.77. The van der Waals surface area contributed by atoms with Crippen LogP contribution in [0.4, 0.5) is 5.69 Å². The highest BCUT2D eigenvalue weighted by Gasteiger charge is 2.20. The monoisotopic (exact) mass is 314 g/mol. The fourth-order valence-electron chi connectivity index (χ4n) is 2.25. The first-order valence-electron chi connectivity index (χ1n) is 6.00. The maximum Gasteiger partial charge on any atom is 0.0415 e. The van der Waals surface area contributed by atoms with E-state index in [0.29, 0.717) is 6.04 Å². The molecule has 94 valence electrons. The minimum absolute atomic E-state index is 0.630. The van der Waals surface area contributed by atoms with Crippen molar-refractivity contribution < 1.29 is 0 Å². The van der Waals surface area contributed by atoms with Gasteiger partial charge in [-0.15, -0.1) is 0 Å². The maximum atomic E-state index is 3.56. The first-order valence-corrected chi connectivity index (χ1v) is 7.94. The number of anilines is 1. The molecule has 0 bridgehead atoms. The predicted molar refractivity (Wildman–Crippen MR) is 81.0 cm³/mol. The van der Waals surface area contributed by atoms with Crippen LogP contribution in [0.3, 0.4) is 0 Å². The highest BCUT2D eigenvalue weighted by atomic mass is 79.9. The van der Waals surface area contributed by atoms with E-state index in [1.165, 1.54) is 22.8 Å². The Morgan fingerprint density at radius 2 is 2.35 bits per heavy atom. The summed E-state index contributed by atoms with van der Waals surface area (Å²) in [4.78, 5) is 2.54. The predicted octanol–water partition coefficient (Wildman–Crippen LogP) is 3.11. The third kappa shape index (κ3) is 3.18. The van der Waals surface area contributed by atoms with Gasteiger partial charge in [0.15, 0.2) is 0 Å². The van der Waals surface area contributed by atoms with E-state index >= 15 is 0 Å². The van der Waals surface area contributed by atoms with Gasteiger partial charge in [0.2, 0.25) is 0 Å². The second-order valence-electron chi connectivity index (χ2n) is 4.42. The Hall–Kier alpha value is -0.190. The number of halogens is 1. The van der Waals surface area contributed by atoms with Crippen LogP contribution in [0, 0.1) is 0 Å². The summed E-state index contributed by atoms with van der Waals surface area (Å²) in [6.07, 6.45) is 0. The van der Waals surface area contributed by atoms with Gasteiger partial charge in [-0.25, -0.2) is 0 Å². The zero-order valence-corrected chi connectivity index (χ0v) is 12.8. The van der Waals surface area contributed by atoms with E-state index < -0.39 is 0 Å². The van der Waals surface area contributed by atoms with Crippen molar-refractivity contribution in [3.05, 3.63) is 28.2 Å². The molecular formula is C13H19BrN2S. The van der Waals surface area contributed by atoms with Crippen LogP contribution in [-0.2, 0) is 6.54 Å². The normalized spacial score (nSPS) is 20.6. The molecular weight excluding hydrogens is 296 g/mol. The van der Waals surface area contributed by atoms with Gasteiger partial charge in [-0.3, -0.25) is 0 Å².